The topological polar surface area (TPSA) is 84.3 Å². The molecule has 1 fully saturated rings. The van der Waals surface area contributed by atoms with E-state index in [1.807, 2.05) is 0 Å². The lowest BCUT2D eigenvalue weighted by Crippen LogP contribution is -2.37. The molecular weight excluding hydrogens is 314 g/mol. The molecule has 1 aromatic rings. The fraction of sp³-hybridized carbons (Fsp3) is 0.385. The molecule has 0 spiro atoms. The molecule has 1 saturated carbocycles. The van der Waals surface area contributed by atoms with Gasteiger partial charge in [0, 0.05) is 17.7 Å². The molecule has 112 valence electrons. The van der Waals surface area contributed by atoms with Gasteiger partial charge in [0.25, 0.3) is 5.69 Å². The van der Waals surface area contributed by atoms with Gasteiger partial charge >= 0.3 is 0 Å². The second kappa shape index (κ2) is 6.82. The van der Waals surface area contributed by atoms with Gasteiger partial charge in [0.05, 0.1) is 4.92 Å². The molecule has 0 bridgehead atoms. The molecule has 2 N–H and O–H groups in total. The third kappa shape index (κ3) is 4.12. The van der Waals surface area contributed by atoms with Crippen molar-refractivity contribution in [1.29, 1.82) is 0 Å². The summed E-state index contributed by atoms with van der Waals surface area (Å²) in [5.41, 5.74) is 0.189. The van der Waals surface area contributed by atoms with Crippen molar-refractivity contribution in [2.75, 3.05) is 5.32 Å². The molecule has 8 heteroatoms. The zero-order valence-electron chi connectivity index (χ0n) is 11.1. The number of thiocarbonyl (C=S) groups is 1. The molecule has 0 radical (unpaired) electrons. The largest absolute Gasteiger partial charge is 0.332 e. The van der Waals surface area contributed by atoms with Gasteiger partial charge in [-0.25, -0.2) is 0 Å². The van der Waals surface area contributed by atoms with Crippen LogP contribution in [0.3, 0.4) is 0 Å². The van der Waals surface area contributed by atoms with Gasteiger partial charge < -0.3 is 10.6 Å². The highest BCUT2D eigenvalue weighted by Gasteiger charge is 2.23. The number of carbonyl (C=O) groups is 1. The van der Waals surface area contributed by atoms with Crippen molar-refractivity contribution in [3.05, 3.63) is 33.3 Å². The summed E-state index contributed by atoms with van der Waals surface area (Å²) in [6.45, 7) is 0. The molecule has 1 aromatic carbocycles. The highest BCUT2D eigenvalue weighted by Crippen LogP contribution is 2.27. The number of nitrogens with one attached hydrogen (secondary N) is 2. The predicted octanol–water partition coefficient (Wildman–Crippen LogP) is 3.25. The van der Waals surface area contributed by atoms with E-state index < -0.39 is 4.92 Å². The predicted molar refractivity (Wildman–Crippen MR) is 84.4 cm³/mol. The molecule has 1 amide bonds. The maximum Gasteiger partial charge on any atom is 0.289 e. The number of halogens is 1. The maximum absolute atomic E-state index is 11.9. The number of carbonyl (C=O) groups excluding carboxylic acids is 1. The smallest absolute Gasteiger partial charge is 0.289 e. The summed E-state index contributed by atoms with van der Waals surface area (Å²) in [5.74, 6) is -0.0993. The Morgan fingerprint density at radius 1 is 1.38 bits per heavy atom. The number of anilines is 1. The van der Waals surface area contributed by atoms with Gasteiger partial charge in [-0.05, 0) is 37.2 Å². The lowest BCUT2D eigenvalue weighted by Gasteiger charge is -2.12. The quantitative estimate of drug-likeness (QED) is 0.505. The molecule has 6 nitrogen and oxygen atoms in total. The van der Waals surface area contributed by atoms with Gasteiger partial charge in [0.15, 0.2) is 5.11 Å². The van der Waals surface area contributed by atoms with Crippen molar-refractivity contribution >= 4 is 46.2 Å². The van der Waals surface area contributed by atoms with E-state index in [2.05, 4.69) is 10.6 Å². The van der Waals surface area contributed by atoms with Gasteiger partial charge in [-0.1, -0.05) is 24.4 Å². The number of amides is 1. The molecule has 0 unspecified atom stereocenters. The summed E-state index contributed by atoms with van der Waals surface area (Å²) in [6.07, 6.45) is 3.87. The van der Waals surface area contributed by atoms with Crippen molar-refractivity contribution < 1.29 is 9.72 Å². The molecule has 1 aliphatic rings. The Hall–Kier alpha value is -1.73. The Kier molecular flexibility index (Phi) is 5.08. The standard InChI is InChI=1S/C13H14ClN3O3S/c14-10-6-5-9(7-11(10)17(19)20)15-13(21)16-12(18)8-3-1-2-4-8/h5-8H,1-4H2,(H2,15,16,18,21). The Labute approximate surface area is 132 Å². The van der Waals surface area contributed by atoms with E-state index in [0.717, 1.165) is 25.7 Å². The van der Waals surface area contributed by atoms with E-state index in [4.69, 9.17) is 23.8 Å². The molecule has 1 aliphatic carbocycles. The second-order valence-electron chi connectivity index (χ2n) is 4.85. The average Bonchev–Trinajstić information content (AvgIpc) is 2.94. The van der Waals surface area contributed by atoms with Crippen LogP contribution in [0.1, 0.15) is 25.7 Å². The van der Waals surface area contributed by atoms with Gasteiger partial charge in [-0.15, -0.1) is 0 Å². The Morgan fingerprint density at radius 2 is 2.05 bits per heavy atom. The van der Waals surface area contributed by atoms with E-state index in [0.29, 0.717) is 5.69 Å². The summed E-state index contributed by atoms with van der Waals surface area (Å²) < 4.78 is 0. The summed E-state index contributed by atoms with van der Waals surface area (Å²) in [4.78, 5) is 22.1. The lowest BCUT2D eigenvalue weighted by atomic mass is 10.1. The van der Waals surface area contributed by atoms with Crippen LogP contribution in [0, 0.1) is 16.0 Å². The van der Waals surface area contributed by atoms with Crippen LogP contribution >= 0.6 is 23.8 Å². The van der Waals surface area contributed by atoms with Crippen molar-refractivity contribution in [1.82, 2.24) is 5.32 Å². The van der Waals surface area contributed by atoms with E-state index in [9.17, 15) is 14.9 Å². The van der Waals surface area contributed by atoms with Crippen LogP contribution in [0.25, 0.3) is 0 Å². The van der Waals surface area contributed by atoms with E-state index in [-0.39, 0.29) is 27.6 Å². The maximum atomic E-state index is 11.9. The minimum Gasteiger partial charge on any atom is -0.332 e. The summed E-state index contributed by atoms with van der Waals surface area (Å²) in [6, 6.07) is 4.24. The third-order valence-corrected chi connectivity index (χ3v) is 3.89. The Morgan fingerprint density at radius 3 is 2.67 bits per heavy atom. The number of rotatable bonds is 3. The fourth-order valence-electron chi connectivity index (χ4n) is 2.29. The summed E-state index contributed by atoms with van der Waals surface area (Å²) in [5, 5.41) is 16.3. The molecule has 0 aliphatic heterocycles. The van der Waals surface area contributed by atoms with Crippen LogP contribution in [-0.2, 0) is 4.79 Å². The van der Waals surface area contributed by atoms with Crippen LogP contribution < -0.4 is 10.6 Å². The number of hydrogen-bond donors (Lipinski definition) is 2. The first-order valence-corrected chi connectivity index (χ1v) is 7.32. The van der Waals surface area contributed by atoms with E-state index >= 15 is 0 Å². The van der Waals surface area contributed by atoms with Crippen LogP contribution in [0.4, 0.5) is 11.4 Å². The number of benzene rings is 1. The number of hydrogen-bond acceptors (Lipinski definition) is 4. The highest BCUT2D eigenvalue weighted by atomic mass is 35.5. The first-order valence-electron chi connectivity index (χ1n) is 6.53. The van der Waals surface area contributed by atoms with Gasteiger partial charge in [-0.3, -0.25) is 14.9 Å². The normalized spacial score (nSPS) is 14.7. The minimum absolute atomic E-state index is 0.00399. The van der Waals surface area contributed by atoms with Crippen LogP contribution in [0.2, 0.25) is 5.02 Å². The van der Waals surface area contributed by atoms with Gasteiger partial charge in [0.1, 0.15) is 5.02 Å². The van der Waals surface area contributed by atoms with E-state index in [1.54, 1.807) is 6.07 Å². The molecule has 0 atom stereocenters. The van der Waals surface area contributed by atoms with Crippen molar-refractivity contribution in [3.63, 3.8) is 0 Å². The molecule has 0 saturated heterocycles. The summed E-state index contributed by atoms with van der Waals surface area (Å²) >= 11 is 10.8. The highest BCUT2D eigenvalue weighted by molar-refractivity contribution is 7.80. The van der Waals surface area contributed by atoms with Gasteiger partial charge in [-0.2, -0.15) is 0 Å². The average molecular weight is 328 g/mol. The third-order valence-electron chi connectivity index (χ3n) is 3.36. The van der Waals surface area contributed by atoms with Gasteiger partial charge in [0.2, 0.25) is 5.91 Å². The Bertz CT molecular complexity index is 588. The van der Waals surface area contributed by atoms with E-state index in [1.165, 1.54) is 12.1 Å². The number of nitrogens with zero attached hydrogens (tertiary/aromatic N) is 1. The van der Waals surface area contributed by atoms with Crippen molar-refractivity contribution in [2.24, 2.45) is 5.92 Å². The van der Waals surface area contributed by atoms with Crippen LogP contribution in [0.15, 0.2) is 18.2 Å². The molecule has 0 heterocycles. The lowest BCUT2D eigenvalue weighted by molar-refractivity contribution is -0.384. The number of nitro groups is 1. The first kappa shape index (κ1) is 15.7. The zero-order chi connectivity index (χ0) is 15.4. The van der Waals surface area contributed by atoms with Crippen LogP contribution in [-0.4, -0.2) is 15.9 Å². The summed E-state index contributed by atoms with van der Waals surface area (Å²) in [7, 11) is 0. The molecular formula is C13H14ClN3O3S. The first-order chi connectivity index (χ1) is 9.97. The molecule has 2 rings (SSSR count). The monoisotopic (exact) mass is 327 g/mol. The minimum atomic E-state index is -0.576. The number of nitro benzene ring substituents is 1. The molecule has 21 heavy (non-hydrogen) atoms. The fourth-order valence-corrected chi connectivity index (χ4v) is 2.70. The van der Waals surface area contributed by atoms with Crippen LogP contribution in [0.5, 0.6) is 0 Å². The van der Waals surface area contributed by atoms with Crippen molar-refractivity contribution in [3.8, 4) is 0 Å². The SMILES string of the molecule is O=C(NC(=S)Nc1ccc(Cl)c([N+](=O)[O-])c1)C1CCCC1. The van der Waals surface area contributed by atoms with Crippen molar-refractivity contribution in [2.45, 2.75) is 25.7 Å². The second-order valence-corrected chi connectivity index (χ2v) is 5.66. The Balaban J connectivity index is 1.97. The molecule has 0 aromatic heterocycles. The zero-order valence-corrected chi connectivity index (χ0v) is 12.7.